The first-order chi connectivity index (χ1) is 13.1. The number of rotatable bonds is 6. The highest BCUT2D eigenvalue weighted by Crippen LogP contribution is 2.24. The Bertz CT molecular complexity index is 942. The summed E-state index contributed by atoms with van der Waals surface area (Å²) in [5, 5.41) is 3.47. The maximum absolute atomic E-state index is 12.7. The Morgan fingerprint density at radius 1 is 1.04 bits per heavy atom. The third-order valence-electron chi connectivity index (χ3n) is 4.13. The molecule has 0 bridgehead atoms. The number of aryl methyl sites for hydroxylation is 1. The summed E-state index contributed by atoms with van der Waals surface area (Å²) in [4.78, 5) is 12.7. The van der Waals surface area contributed by atoms with Gasteiger partial charge in [0.05, 0.1) is 7.11 Å². The van der Waals surface area contributed by atoms with E-state index >= 15 is 0 Å². The van der Waals surface area contributed by atoms with Gasteiger partial charge in [0.2, 0.25) is 0 Å². The van der Waals surface area contributed by atoms with Gasteiger partial charge in [-0.15, -0.1) is 0 Å². The van der Waals surface area contributed by atoms with Gasteiger partial charge in [-0.25, -0.2) is 0 Å². The SMILES string of the molecule is COc1ccc(C(=O)Nc2cc(Cl)ccc2C)cc1COc1ccccc1. The van der Waals surface area contributed by atoms with E-state index < -0.39 is 0 Å². The lowest BCUT2D eigenvalue weighted by Crippen LogP contribution is -2.13. The van der Waals surface area contributed by atoms with E-state index in [1.807, 2.05) is 43.3 Å². The van der Waals surface area contributed by atoms with Crippen LogP contribution in [0.2, 0.25) is 5.02 Å². The van der Waals surface area contributed by atoms with Gasteiger partial charge in [0.25, 0.3) is 5.91 Å². The predicted molar refractivity (Wildman–Crippen MR) is 108 cm³/mol. The number of anilines is 1. The number of benzene rings is 3. The van der Waals surface area contributed by atoms with E-state index in [9.17, 15) is 4.79 Å². The van der Waals surface area contributed by atoms with Crippen molar-refractivity contribution in [2.45, 2.75) is 13.5 Å². The lowest BCUT2D eigenvalue weighted by atomic mass is 10.1. The summed E-state index contributed by atoms with van der Waals surface area (Å²) in [5.41, 5.74) is 2.93. The molecule has 5 heteroatoms. The van der Waals surface area contributed by atoms with Crippen molar-refractivity contribution in [3.8, 4) is 11.5 Å². The van der Waals surface area contributed by atoms with Gasteiger partial charge in [-0.3, -0.25) is 4.79 Å². The molecule has 0 atom stereocenters. The van der Waals surface area contributed by atoms with Gasteiger partial charge in [0.1, 0.15) is 18.1 Å². The van der Waals surface area contributed by atoms with Gasteiger partial charge in [0, 0.05) is 21.8 Å². The maximum atomic E-state index is 12.7. The van der Waals surface area contributed by atoms with Gasteiger partial charge in [-0.2, -0.15) is 0 Å². The molecule has 0 aliphatic rings. The second-order valence-electron chi connectivity index (χ2n) is 6.04. The molecule has 0 heterocycles. The standard InChI is InChI=1S/C22H20ClNO3/c1-15-8-10-18(23)13-20(15)24-22(25)16-9-11-21(26-2)17(12-16)14-27-19-6-4-3-5-7-19/h3-13H,14H2,1-2H3,(H,24,25). The molecule has 0 aliphatic heterocycles. The summed E-state index contributed by atoms with van der Waals surface area (Å²) in [6.07, 6.45) is 0. The minimum absolute atomic E-state index is 0.219. The van der Waals surface area contributed by atoms with E-state index in [-0.39, 0.29) is 5.91 Å². The van der Waals surface area contributed by atoms with Crippen molar-refractivity contribution in [3.05, 3.63) is 88.4 Å². The Morgan fingerprint density at radius 2 is 1.81 bits per heavy atom. The summed E-state index contributed by atoms with van der Waals surface area (Å²) in [6, 6.07) is 20.2. The minimum atomic E-state index is -0.219. The van der Waals surface area contributed by atoms with Crippen LogP contribution in [0.1, 0.15) is 21.5 Å². The van der Waals surface area contributed by atoms with Crippen LogP contribution in [0.3, 0.4) is 0 Å². The summed E-state index contributed by atoms with van der Waals surface area (Å²) in [6.45, 7) is 2.21. The molecule has 0 radical (unpaired) electrons. The third kappa shape index (κ3) is 4.80. The van der Waals surface area contributed by atoms with Gasteiger partial charge in [0.15, 0.2) is 0 Å². The number of ether oxygens (including phenoxy) is 2. The molecule has 0 unspecified atom stereocenters. The second kappa shape index (κ2) is 8.60. The molecule has 0 fully saturated rings. The smallest absolute Gasteiger partial charge is 0.255 e. The third-order valence-corrected chi connectivity index (χ3v) is 4.36. The lowest BCUT2D eigenvalue weighted by Gasteiger charge is -2.13. The van der Waals surface area contributed by atoms with E-state index in [2.05, 4.69) is 5.32 Å². The zero-order valence-corrected chi connectivity index (χ0v) is 15.9. The first kappa shape index (κ1) is 18.8. The lowest BCUT2D eigenvalue weighted by molar-refractivity contribution is 0.102. The van der Waals surface area contributed by atoms with E-state index in [4.69, 9.17) is 21.1 Å². The van der Waals surface area contributed by atoms with Crippen molar-refractivity contribution in [2.24, 2.45) is 0 Å². The van der Waals surface area contributed by atoms with Crippen molar-refractivity contribution in [3.63, 3.8) is 0 Å². The van der Waals surface area contributed by atoms with Crippen LogP contribution in [0, 0.1) is 6.92 Å². The molecule has 1 N–H and O–H groups in total. The van der Waals surface area contributed by atoms with Crippen molar-refractivity contribution in [1.82, 2.24) is 0 Å². The number of nitrogens with one attached hydrogen (secondary N) is 1. The van der Waals surface area contributed by atoms with Crippen LogP contribution >= 0.6 is 11.6 Å². The summed E-state index contributed by atoms with van der Waals surface area (Å²) in [5.74, 6) is 1.20. The van der Waals surface area contributed by atoms with Crippen molar-refractivity contribution in [1.29, 1.82) is 0 Å². The van der Waals surface area contributed by atoms with Gasteiger partial charge in [-0.05, 0) is 55.0 Å². The highest BCUT2D eigenvalue weighted by Gasteiger charge is 2.12. The molecule has 0 spiro atoms. The average Bonchev–Trinajstić information content (AvgIpc) is 2.69. The number of halogens is 1. The maximum Gasteiger partial charge on any atom is 0.255 e. The van der Waals surface area contributed by atoms with Crippen LogP contribution in [0.5, 0.6) is 11.5 Å². The first-order valence-electron chi connectivity index (χ1n) is 8.49. The molecule has 0 saturated carbocycles. The molecular weight excluding hydrogens is 362 g/mol. The largest absolute Gasteiger partial charge is 0.496 e. The van der Waals surface area contributed by atoms with Crippen LogP contribution in [0.15, 0.2) is 66.7 Å². The molecule has 3 rings (SSSR count). The first-order valence-corrected chi connectivity index (χ1v) is 8.87. The van der Waals surface area contributed by atoms with Crippen molar-refractivity contribution < 1.29 is 14.3 Å². The minimum Gasteiger partial charge on any atom is -0.496 e. The van der Waals surface area contributed by atoms with Crippen LogP contribution in [0.25, 0.3) is 0 Å². The Balaban J connectivity index is 1.79. The highest BCUT2D eigenvalue weighted by atomic mass is 35.5. The van der Waals surface area contributed by atoms with Gasteiger partial charge < -0.3 is 14.8 Å². The average molecular weight is 382 g/mol. The van der Waals surface area contributed by atoms with E-state index in [0.29, 0.717) is 28.6 Å². The van der Waals surface area contributed by atoms with Crippen LogP contribution in [-0.4, -0.2) is 13.0 Å². The molecule has 0 aliphatic carbocycles. The fourth-order valence-corrected chi connectivity index (χ4v) is 2.81. The molecule has 27 heavy (non-hydrogen) atoms. The molecule has 3 aromatic rings. The van der Waals surface area contributed by atoms with E-state index in [1.165, 1.54) is 0 Å². The monoisotopic (exact) mass is 381 g/mol. The summed E-state index contributed by atoms with van der Waals surface area (Å²) in [7, 11) is 1.59. The quantitative estimate of drug-likeness (QED) is 0.614. The summed E-state index contributed by atoms with van der Waals surface area (Å²) < 4.78 is 11.2. The fraction of sp³-hybridized carbons (Fsp3) is 0.136. The molecule has 138 valence electrons. The number of methoxy groups -OCH3 is 1. The Hall–Kier alpha value is -2.98. The van der Waals surface area contributed by atoms with Gasteiger partial charge >= 0.3 is 0 Å². The molecule has 0 aromatic heterocycles. The number of hydrogen-bond donors (Lipinski definition) is 1. The summed E-state index contributed by atoms with van der Waals surface area (Å²) >= 11 is 6.03. The molecule has 4 nitrogen and oxygen atoms in total. The Kier molecular flexibility index (Phi) is 5.99. The number of carbonyl (C=O) groups excluding carboxylic acids is 1. The number of amides is 1. The Labute approximate surface area is 163 Å². The van der Waals surface area contributed by atoms with Crippen LogP contribution in [0.4, 0.5) is 5.69 Å². The molecule has 3 aromatic carbocycles. The molecule has 1 amide bonds. The number of hydrogen-bond acceptors (Lipinski definition) is 3. The van der Waals surface area contributed by atoms with Crippen molar-refractivity contribution >= 4 is 23.2 Å². The predicted octanol–water partition coefficient (Wildman–Crippen LogP) is 5.49. The van der Waals surface area contributed by atoms with E-state index in [0.717, 1.165) is 16.9 Å². The zero-order valence-electron chi connectivity index (χ0n) is 15.2. The zero-order chi connectivity index (χ0) is 19.2. The molecule has 0 saturated heterocycles. The van der Waals surface area contributed by atoms with Crippen LogP contribution in [-0.2, 0) is 6.61 Å². The Morgan fingerprint density at radius 3 is 2.56 bits per heavy atom. The number of para-hydroxylation sites is 1. The van der Waals surface area contributed by atoms with Crippen LogP contribution < -0.4 is 14.8 Å². The highest BCUT2D eigenvalue weighted by molar-refractivity contribution is 6.31. The second-order valence-corrected chi connectivity index (χ2v) is 6.48. The van der Waals surface area contributed by atoms with Crippen molar-refractivity contribution in [2.75, 3.05) is 12.4 Å². The molecular formula is C22H20ClNO3. The van der Waals surface area contributed by atoms with Gasteiger partial charge in [-0.1, -0.05) is 35.9 Å². The normalized spacial score (nSPS) is 10.3. The topological polar surface area (TPSA) is 47.6 Å². The van der Waals surface area contributed by atoms with E-state index in [1.54, 1.807) is 37.4 Å². The fourth-order valence-electron chi connectivity index (χ4n) is 2.63. The number of carbonyl (C=O) groups is 1.